The maximum atomic E-state index is 10.5. The van der Waals surface area contributed by atoms with E-state index in [1.165, 1.54) is 16.7 Å². The van der Waals surface area contributed by atoms with Gasteiger partial charge in [-0.25, -0.2) is 5.57 Å². The van der Waals surface area contributed by atoms with Crippen LogP contribution in [0.15, 0.2) is 41.0 Å². The Balaban J connectivity index is -0.000000139. The normalized spacial score (nSPS) is 14.2. The van der Waals surface area contributed by atoms with Crippen LogP contribution in [0.1, 0.15) is 43.6 Å². The second-order valence-corrected chi connectivity index (χ2v) is 6.50. The van der Waals surface area contributed by atoms with Gasteiger partial charge in [-0.15, -0.1) is 6.92 Å². The van der Waals surface area contributed by atoms with Crippen LogP contribution in [-0.4, -0.2) is 15.4 Å². The maximum absolute atomic E-state index is 10.5. The molecular formula is C19H27Cl2NOSiZr. The summed E-state index contributed by atoms with van der Waals surface area (Å²) in [5, 5.41) is 0. The largest absolute Gasteiger partial charge is 4.00 e. The van der Waals surface area contributed by atoms with E-state index in [1.54, 1.807) is 18.2 Å². The summed E-state index contributed by atoms with van der Waals surface area (Å²) >= 11 is 0. The number of rotatable bonds is 1. The average molecular weight is 476 g/mol. The Morgan fingerprint density at radius 1 is 1.12 bits per heavy atom. The SMILES string of the molecule is CC1=[C-]C(C)C(C)=C1C.C[Si]C.Cc1cccc(C([NH-])=O)c1.[Cl-].[Cl-].[Zr+4]. The Bertz CT molecular complexity index is 574. The van der Waals surface area contributed by atoms with E-state index in [0.717, 1.165) is 15.1 Å². The van der Waals surface area contributed by atoms with Crippen LogP contribution in [0.4, 0.5) is 0 Å². The van der Waals surface area contributed by atoms with Crippen LogP contribution in [0.5, 0.6) is 0 Å². The Kier molecular flexibility index (Phi) is 22.5. The van der Waals surface area contributed by atoms with Gasteiger partial charge in [-0.05, 0) is 12.5 Å². The molecule has 6 heteroatoms. The molecule has 1 aliphatic carbocycles. The summed E-state index contributed by atoms with van der Waals surface area (Å²) in [7, 11) is 1.08. The summed E-state index contributed by atoms with van der Waals surface area (Å²) in [6, 6.07) is 7.02. The van der Waals surface area contributed by atoms with E-state index in [9.17, 15) is 4.79 Å². The molecular weight excluding hydrogens is 448 g/mol. The van der Waals surface area contributed by atoms with Crippen molar-refractivity contribution < 1.29 is 55.8 Å². The maximum Gasteiger partial charge on any atom is 4.00 e. The molecule has 136 valence electrons. The fraction of sp³-hybridized carbons (Fsp3) is 0.421. The van der Waals surface area contributed by atoms with E-state index in [4.69, 9.17) is 5.73 Å². The number of hydrogen-bond acceptors (Lipinski definition) is 1. The molecule has 2 radical (unpaired) electrons. The fourth-order valence-corrected chi connectivity index (χ4v) is 1.95. The monoisotopic (exact) mass is 473 g/mol. The molecule has 0 aliphatic heterocycles. The number of carbonyl (C=O) groups excluding carboxylic acids is 1. The topological polar surface area (TPSA) is 40.9 Å². The zero-order valence-corrected chi connectivity index (χ0v) is 21.0. The second-order valence-electron chi connectivity index (χ2n) is 5.50. The van der Waals surface area contributed by atoms with Crippen molar-refractivity contribution in [1.29, 1.82) is 0 Å². The van der Waals surface area contributed by atoms with Gasteiger partial charge in [0.1, 0.15) is 0 Å². The van der Waals surface area contributed by atoms with E-state index in [1.807, 2.05) is 13.0 Å². The van der Waals surface area contributed by atoms with Crippen LogP contribution in [-0.2, 0) is 26.2 Å². The summed E-state index contributed by atoms with van der Waals surface area (Å²) in [4.78, 5) is 10.5. The van der Waals surface area contributed by atoms with Gasteiger partial charge in [0.2, 0.25) is 0 Å². The Morgan fingerprint density at radius 2 is 1.60 bits per heavy atom. The molecule has 1 aromatic carbocycles. The van der Waals surface area contributed by atoms with Gasteiger partial charge >= 0.3 is 26.2 Å². The summed E-state index contributed by atoms with van der Waals surface area (Å²) in [6.07, 6.45) is 3.36. The summed E-state index contributed by atoms with van der Waals surface area (Å²) in [5.41, 5.74) is 12.5. The van der Waals surface area contributed by atoms with Crippen molar-refractivity contribution in [3.05, 3.63) is 63.9 Å². The quantitative estimate of drug-likeness (QED) is 0.406. The number of nitrogens with one attached hydrogen (secondary N) is 1. The first-order chi connectivity index (χ1) is 10.2. The van der Waals surface area contributed by atoms with E-state index in [0.29, 0.717) is 11.5 Å². The number of aryl methyl sites for hydroxylation is 1. The molecule has 1 atom stereocenters. The van der Waals surface area contributed by atoms with Gasteiger partial charge in [-0.2, -0.15) is 11.1 Å². The molecule has 0 heterocycles. The molecule has 25 heavy (non-hydrogen) atoms. The van der Waals surface area contributed by atoms with Crippen LogP contribution >= 0.6 is 0 Å². The molecule has 0 bridgehead atoms. The van der Waals surface area contributed by atoms with Crippen LogP contribution < -0.4 is 24.8 Å². The number of amides is 1. The van der Waals surface area contributed by atoms with E-state index in [2.05, 4.69) is 46.9 Å². The predicted octanol–water partition coefficient (Wildman–Crippen LogP) is -0.298. The number of allylic oxidation sites excluding steroid dienone is 4. The van der Waals surface area contributed by atoms with Gasteiger partial charge in [-0.3, -0.25) is 6.08 Å². The van der Waals surface area contributed by atoms with Crippen molar-refractivity contribution in [2.75, 3.05) is 0 Å². The number of halogens is 2. The Hall–Kier alpha value is -0.150. The third-order valence-corrected chi connectivity index (χ3v) is 3.52. The minimum absolute atomic E-state index is 0. The molecule has 0 spiro atoms. The van der Waals surface area contributed by atoms with Crippen molar-refractivity contribution >= 4 is 15.4 Å². The zero-order chi connectivity index (χ0) is 17.3. The molecule has 0 saturated heterocycles. The molecule has 1 N–H and O–H groups in total. The van der Waals surface area contributed by atoms with E-state index in [-0.39, 0.29) is 51.0 Å². The molecule has 0 saturated carbocycles. The van der Waals surface area contributed by atoms with E-state index < -0.39 is 5.91 Å². The van der Waals surface area contributed by atoms with Gasteiger partial charge in [-0.1, -0.05) is 69.6 Å². The Morgan fingerprint density at radius 3 is 1.80 bits per heavy atom. The van der Waals surface area contributed by atoms with Crippen LogP contribution in [0, 0.1) is 18.9 Å². The molecule has 0 fully saturated rings. The summed E-state index contributed by atoms with van der Waals surface area (Å²) < 4.78 is 0. The van der Waals surface area contributed by atoms with Gasteiger partial charge < -0.3 is 35.3 Å². The first-order valence-electron chi connectivity index (χ1n) is 7.43. The number of benzene rings is 1. The predicted molar refractivity (Wildman–Crippen MR) is 97.3 cm³/mol. The number of hydrogen-bond donors (Lipinski definition) is 0. The second kappa shape index (κ2) is 17.3. The molecule has 2 nitrogen and oxygen atoms in total. The third-order valence-electron chi connectivity index (χ3n) is 3.52. The zero-order valence-electron chi connectivity index (χ0n) is 16.1. The standard InChI is InChI=1S/C9H13.C8H9NO.C2H6Si.2ClH.Zr/c1-6-5-7(2)9(4)8(6)3;1-6-3-2-4-7(5-6)8(9)10;1-3-2;;;/h6H,1-4H3;2-5H,1H3,(H2,9,10);1-2H3;2*1H;/q-1;;;;;+4/p-3. The van der Waals surface area contributed by atoms with Crippen molar-refractivity contribution in [2.45, 2.75) is 47.7 Å². The third kappa shape index (κ3) is 12.8. The minimum Gasteiger partial charge on any atom is -1.00 e. The first kappa shape index (κ1) is 32.5. The average Bonchev–Trinajstić information content (AvgIpc) is 2.67. The fourth-order valence-electron chi connectivity index (χ4n) is 1.95. The van der Waals surface area contributed by atoms with Crippen LogP contribution in [0.2, 0.25) is 13.1 Å². The van der Waals surface area contributed by atoms with Gasteiger partial charge in [0.25, 0.3) is 0 Å². The van der Waals surface area contributed by atoms with E-state index >= 15 is 0 Å². The van der Waals surface area contributed by atoms with Gasteiger partial charge in [0.05, 0.1) is 5.91 Å². The van der Waals surface area contributed by atoms with Crippen molar-refractivity contribution in [1.82, 2.24) is 0 Å². The summed E-state index contributed by atoms with van der Waals surface area (Å²) in [6.45, 7) is 14.9. The molecule has 1 aromatic rings. The smallest absolute Gasteiger partial charge is 1.00 e. The molecule has 2 rings (SSSR count). The molecule has 1 aliphatic rings. The van der Waals surface area contributed by atoms with Crippen LogP contribution in [0.25, 0.3) is 5.73 Å². The van der Waals surface area contributed by atoms with Crippen LogP contribution in [0.3, 0.4) is 0 Å². The number of carbonyl (C=O) groups is 1. The van der Waals surface area contributed by atoms with Gasteiger partial charge in [0.15, 0.2) is 0 Å². The van der Waals surface area contributed by atoms with Crippen molar-refractivity contribution in [3.8, 4) is 0 Å². The minimum atomic E-state index is -0.622. The van der Waals surface area contributed by atoms with Crippen molar-refractivity contribution in [3.63, 3.8) is 0 Å². The summed E-state index contributed by atoms with van der Waals surface area (Å²) in [5.74, 6) is -0.0614. The first-order valence-corrected chi connectivity index (χ1v) is 9.43. The molecule has 1 unspecified atom stereocenters. The van der Waals surface area contributed by atoms with Crippen molar-refractivity contribution in [2.24, 2.45) is 5.92 Å². The Labute approximate surface area is 187 Å². The molecule has 0 aromatic heterocycles. The molecule has 1 amide bonds. The van der Waals surface area contributed by atoms with Gasteiger partial charge in [0, 0.05) is 9.52 Å².